The topological polar surface area (TPSA) is 66.4 Å². The molecule has 154 valence electrons. The molecule has 0 unspecified atom stereocenters. The zero-order valence-electron chi connectivity index (χ0n) is 15.2. The third kappa shape index (κ3) is 3.97. The van der Waals surface area contributed by atoms with Gasteiger partial charge in [0.15, 0.2) is 11.6 Å². The van der Waals surface area contributed by atoms with Crippen molar-refractivity contribution in [1.29, 1.82) is 0 Å². The summed E-state index contributed by atoms with van der Waals surface area (Å²) in [6, 6.07) is 2.09. The molecule has 0 atom stereocenters. The molecule has 2 aromatic carbocycles. The fourth-order valence-electron chi connectivity index (χ4n) is 2.61. The van der Waals surface area contributed by atoms with Crippen molar-refractivity contribution in [2.45, 2.75) is 44.4 Å². The van der Waals surface area contributed by atoms with Gasteiger partial charge in [0.2, 0.25) is 17.4 Å². The minimum Gasteiger partial charge on any atom is -0.744 e. The van der Waals surface area contributed by atoms with Crippen molar-refractivity contribution in [2.24, 2.45) is 0 Å². The maximum Gasteiger partial charge on any atom is 0.205 e. The summed E-state index contributed by atoms with van der Waals surface area (Å²) < 4.78 is 108. The van der Waals surface area contributed by atoms with E-state index in [0.717, 1.165) is 12.1 Å². The van der Waals surface area contributed by atoms with Gasteiger partial charge in [-0.25, -0.2) is 21.6 Å². The molecule has 0 aliphatic carbocycles. The van der Waals surface area contributed by atoms with Crippen LogP contribution < -0.4 is 4.74 Å². The van der Waals surface area contributed by atoms with Crippen LogP contribution in [0.15, 0.2) is 17.0 Å². The molecule has 0 amide bonds. The van der Waals surface area contributed by atoms with Gasteiger partial charge in [-0.2, -0.15) is 8.78 Å². The zero-order chi connectivity index (χ0) is 21.5. The van der Waals surface area contributed by atoms with Crippen molar-refractivity contribution in [2.75, 3.05) is 0 Å². The first-order valence-corrected chi connectivity index (χ1v) is 9.51. The van der Waals surface area contributed by atoms with E-state index in [1.807, 2.05) is 0 Å². The smallest absolute Gasteiger partial charge is 0.205 e. The monoisotopic (exact) mass is 423 g/mol. The second-order valence-corrected chi connectivity index (χ2v) is 8.01. The van der Waals surface area contributed by atoms with Crippen LogP contribution in [0.4, 0.5) is 22.0 Å². The van der Waals surface area contributed by atoms with Crippen LogP contribution in [0.3, 0.4) is 0 Å². The van der Waals surface area contributed by atoms with Gasteiger partial charge < -0.3 is 9.29 Å². The molecule has 2 rings (SSSR count). The Hall–Kier alpha value is -2.20. The number of rotatable bonds is 5. The van der Waals surface area contributed by atoms with E-state index < -0.39 is 61.7 Å². The van der Waals surface area contributed by atoms with E-state index in [2.05, 4.69) is 0 Å². The minimum absolute atomic E-state index is 0.170. The van der Waals surface area contributed by atoms with Crippen LogP contribution in [-0.4, -0.2) is 13.0 Å². The van der Waals surface area contributed by atoms with Crippen LogP contribution in [-0.2, 0) is 10.1 Å². The van der Waals surface area contributed by atoms with E-state index in [1.165, 1.54) is 0 Å². The van der Waals surface area contributed by atoms with Crippen LogP contribution >= 0.6 is 0 Å². The van der Waals surface area contributed by atoms with Gasteiger partial charge in [-0.1, -0.05) is 27.7 Å². The normalized spacial score (nSPS) is 12.1. The Labute approximate surface area is 158 Å². The lowest BCUT2D eigenvalue weighted by molar-refractivity contribution is 0.341. The molecule has 0 heterocycles. The van der Waals surface area contributed by atoms with Crippen LogP contribution in [0, 0.1) is 29.1 Å². The average Bonchev–Trinajstić information content (AvgIpc) is 2.56. The molecule has 0 saturated carbocycles. The summed E-state index contributed by atoms with van der Waals surface area (Å²) in [7, 11) is -5.83. The summed E-state index contributed by atoms with van der Waals surface area (Å²) in [4.78, 5) is -2.28. The summed E-state index contributed by atoms with van der Waals surface area (Å²) in [5, 5.41) is 0. The first-order chi connectivity index (χ1) is 12.8. The lowest BCUT2D eigenvalue weighted by Gasteiger charge is -2.21. The van der Waals surface area contributed by atoms with Crippen molar-refractivity contribution >= 4 is 10.1 Å². The minimum atomic E-state index is -5.83. The molecule has 0 spiro atoms. The first-order valence-electron chi connectivity index (χ1n) is 8.10. The Bertz CT molecular complexity index is 975. The van der Waals surface area contributed by atoms with Gasteiger partial charge in [-0.05, 0) is 24.0 Å². The van der Waals surface area contributed by atoms with E-state index in [-0.39, 0.29) is 16.9 Å². The lowest BCUT2D eigenvalue weighted by Crippen LogP contribution is -2.12. The summed E-state index contributed by atoms with van der Waals surface area (Å²) in [5.41, 5.74) is 0.340. The summed E-state index contributed by atoms with van der Waals surface area (Å²) >= 11 is 0. The first kappa shape index (κ1) is 22.1. The van der Waals surface area contributed by atoms with Crippen molar-refractivity contribution < 1.29 is 39.7 Å². The van der Waals surface area contributed by atoms with E-state index in [9.17, 15) is 34.9 Å². The molecule has 28 heavy (non-hydrogen) atoms. The largest absolute Gasteiger partial charge is 0.744 e. The zero-order valence-corrected chi connectivity index (χ0v) is 16.1. The Morgan fingerprint density at radius 3 is 1.50 bits per heavy atom. The van der Waals surface area contributed by atoms with Crippen LogP contribution in [0.2, 0.25) is 0 Å². The third-order valence-electron chi connectivity index (χ3n) is 3.99. The molecule has 0 bridgehead atoms. The van der Waals surface area contributed by atoms with Crippen molar-refractivity contribution in [3.05, 3.63) is 52.3 Å². The second-order valence-electron chi connectivity index (χ2n) is 6.69. The number of ether oxygens (including phenoxy) is 1. The van der Waals surface area contributed by atoms with E-state index in [4.69, 9.17) is 4.74 Å². The highest BCUT2D eigenvalue weighted by atomic mass is 32.2. The average molecular weight is 423 g/mol. The van der Waals surface area contributed by atoms with E-state index in [1.54, 1.807) is 27.7 Å². The quantitative estimate of drug-likeness (QED) is 0.371. The van der Waals surface area contributed by atoms with Crippen molar-refractivity contribution in [1.82, 2.24) is 0 Å². The molecule has 0 aromatic heterocycles. The fourth-order valence-corrected chi connectivity index (χ4v) is 3.23. The Balaban J connectivity index is 2.81. The van der Waals surface area contributed by atoms with E-state index >= 15 is 0 Å². The summed E-state index contributed by atoms with van der Waals surface area (Å²) in [6.07, 6.45) is 0. The van der Waals surface area contributed by atoms with Gasteiger partial charge in [0.25, 0.3) is 0 Å². The molecule has 0 fully saturated rings. The Morgan fingerprint density at radius 1 is 0.786 bits per heavy atom. The number of hydrogen-bond donors (Lipinski definition) is 0. The van der Waals surface area contributed by atoms with Crippen molar-refractivity contribution in [3.8, 4) is 11.5 Å². The maximum atomic E-state index is 14.3. The lowest BCUT2D eigenvalue weighted by atomic mass is 9.93. The van der Waals surface area contributed by atoms with Gasteiger partial charge in [-0.3, -0.25) is 0 Å². The number of halogens is 5. The van der Waals surface area contributed by atoms with Crippen LogP contribution in [0.25, 0.3) is 0 Å². The molecular formula is C18H16F5O4S-. The number of benzene rings is 2. The Kier molecular flexibility index (Phi) is 6.05. The van der Waals surface area contributed by atoms with Gasteiger partial charge in [0.1, 0.15) is 26.6 Å². The second kappa shape index (κ2) is 7.67. The maximum absolute atomic E-state index is 14.3. The molecular weight excluding hydrogens is 407 g/mol. The highest BCUT2D eigenvalue weighted by Gasteiger charge is 2.31. The molecule has 4 nitrogen and oxygen atoms in total. The summed E-state index contributed by atoms with van der Waals surface area (Å²) in [5.74, 6) is -12.4. The molecule has 0 aliphatic heterocycles. The third-order valence-corrected chi connectivity index (χ3v) is 4.85. The van der Waals surface area contributed by atoms with E-state index in [0.29, 0.717) is 0 Å². The SMILES string of the molecule is CC(C)c1cc(F)cc(C(C)C)c1Oc1c(F)c(F)c(S(=O)(=O)[O-])c(F)c1F. The summed E-state index contributed by atoms with van der Waals surface area (Å²) in [6.45, 7) is 6.53. The highest BCUT2D eigenvalue weighted by Crippen LogP contribution is 2.41. The standard InChI is InChI=1S/C18H17F5O4S/c1-7(2)10-5-9(19)6-11(8(3)4)16(10)27-17-12(20)14(22)18(28(24,25)26)15(23)13(17)21/h5-8H,1-4H3,(H,24,25,26)/p-1. The van der Waals surface area contributed by atoms with Crippen LogP contribution in [0.1, 0.15) is 50.7 Å². The molecule has 0 N–H and O–H groups in total. The number of hydrogen-bond acceptors (Lipinski definition) is 4. The molecule has 0 saturated heterocycles. The molecule has 0 aliphatic rings. The van der Waals surface area contributed by atoms with Crippen LogP contribution in [0.5, 0.6) is 11.5 Å². The van der Waals surface area contributed by atoms with Gasteiger partial charge >= 0.3 is 0 Å². The van der Waals surface area contributed by atoms with Gasteiger partial charge in [0.05, 0.1) is 0 Å². The molecule has 0 radical (unpaired) electrons. The Morgan fingerprint density at radius 2 is 1.18 bits per heavy atom. The van der Waals surface area contributed by atoms with Crippen molar-refractivity contribution in [3.63, 3.8) is 0 Å². The predicted molar refractivity (Wildman–Crippen MR) is 88.9 cm³/mol. The highest BCUT2D eigenvalue weighted by molar-refractivity contribution is 7.85. The molecule has 10 heteroatoms. The van der Waals surface area contributed by atoms with Gasteiger partial charge in [0, 0.05) is 11.1 Å². The molecule has 2 aromatic rings. The fraction of sp³-hybridized carbons (Fsp3) is 0.333. The predicted octanol–water partition coefficient (Wildman–Crippen LogP) is 5.33. The van der Waals surface area contributed by atoms with Gasteiger partial charge in [-0.15, -0.1) is 0 Å².